The minimum atomic E-state index is -0.280. The predicted molar refractivity (Wildman–Crippen MR) is 99.0 cm³/mol. The van der Waals surface area contributed by atoms with Gasteiger partial charge in [-0.1, -0.05) is 49.2 Å². The van der Waals surface area contributed by atoms with Crippen LogP contribution in [0.2, 0.25) is 5.02 Å². The van der Waals surface area contributed by atoms with E-state index in [1.165, 1.54) is 31.0 Å². The molecule has 0 spiro atoms. The van der Waals surface area contributed by atoms with Crippen LogP contribution >= 0.6 is 23.4 Å². The highest BCUT2D eigenvalue weighted by atomic mass is 35.5. The molecule has 3 rings (SSSR count). The molecular weight excluding hydrogens is 358 g/mol. The van der Waals surface area contributed by atoms with Crippen molar-refractivity contribution in [2.45, 2.75) is 56.0 Å². The summed E-state index contributed by atoms with van der Waals surface area (Å²) in [6.07, 6.45) is 4.68. The number of hydrogen-bond donors (Lipinski definition) is 1. The molecule has 0 bridgehead atoms. The number of thioether (sulfide) groups is 1. The van der Waals surface area contributed by atoms with Crippen LogP contribution in [0.25, 0.3) is 5.69 Å². The molecule has 134 valence electrons. The molecule has 2 aromatic rings. The van der Waals surface area contributed by atoms with Crippen molar-refractivity contribution in [3.63, 3.8) is 0 Å². The van der Waals surface area contributed by atoms with E-state index in [-0.39, 0.29) is 17.2 Å². The normalized spacial score (nSPS) is 21.7. The van der Waals surface area contributed by atoms with Crippen molar-refractivity contribution in [1.29, 1.82) is 0 Å². The van der Waals surface area contributed by atoms with E-state index in [0.717, 1.165) is 12.1 Å². The third-order valence-electron chi connectivity index (χ3n) is 4.58. The zero-order chi connectivity index (χ0) is 17.8. The van der Waals surface area contributed by atoms with Gasteiger partial charge in [0.2, 0.25) is 11.1 Å². The summed E-state index contributed by atoms with van der Waals surface area (Å²) < 4.78 is 1.60. The number of aromatic nitrogens is 4. The van der Waals surface area contributed by atoms with Crippen LogP contribution in [-0.4, -0.2) is 37.4 Å². The summed E-state index contributed by atoms with van der Waals surface area (Å²) in [6.45, 7) is 4.09. The van der Waals surface area contributed by atoms with E-state index in [1.807, 2.05) is 19.1 Å². The molecule has 1 aliphatic rings. The number of tetrazole rings is 1. The molecule has 1 fully saturated rings. The first kappa shape index (κ1) is 18.2. The highest BCUT2D eigenvalue weighted by molar-refractivity contribution is 8.00. The molecular formula is C17H22ClN5OS. The molecule has 1 aliphatic carbocycles. The summed E-state index contributed by atoms with van der Waals surface area (Å²) in [5.41, 5.74) is 0.772. The average molecular weight is 380 g/mol. The van der Waals surface area contributed by atoms with E-state index in [2.05, 4.69) is 27.8 Å². The lowest BCUT2D eigenvalue weighted by atomic mass is 9.86. The van der Waals surface area contributed by atoms with Gasteiger partial charge in [-0.2, -0.15) is 4.68 Å². The fourth-order valence-corrected chi connectivity index (χ4v) is 4.07. The molecule has 1 amide bonds. The Kier molecular flexibility index (Phi) is 5.96. The van der Waals surface area contributed by atoms with Crippen molar-refractivity contribution in [1.82, 2.24) is 25.5 Å². The molecule has 1 N–H and O–H groups in total. The van der Waals surface area contributed by atoms with E-state index in [9.17, 15) is 4.79 Å². The van der Waals surface area contributed by atoms with Gasteiger partial charge in [0, 0.05) is 11.1 Å². The lowest BCUT2D eigenvalue weighted by molar-refractivity contribution is -0.121. The number of amides is 1. The Hall–Kier alpha value is -1.60. The van der Waals surface area contributed by atoms with Gasteiger partial charge in [0.25, 0.3) is 0 Å². The van der Waals surface area contributed by atoms with Crippen LogP contribution in [0.15, 0.2) is 29.4 Å². The third-order valence-corrected chi connectivity index (χ3v) is 5.85. The highest BCUT2D eigenvalue weighted by Crippen LogP contribution is 2.26. The number of benzene rings is 1. The summed E-state index contributed by atoms with van der Waals surface area (Å²) in [4.78, 5) is 12.6. The summed E-state index contributed by atoms with van der Waals surface area (Å²) >= 11 is 7.39. The second kappa shape index (κ2) is 8.19. The molecule has 25 heavy (non-hydrogen) atoms. The maximum Gasteiger partial charge on any atom is 0.233 e. The number of rotatable bonds is 5. The highest BCUT2D eigenvalue weighted by Gasteiger charge is 2.26. The van der Waals surface area contributed by atoms with Gasteiger partial charge in [0.1, 0.15) is 0 Å². The molecule has 0 saturated heterocycles. The molecule has 1 heterocycles. The van der Waals surface area contributed by atoms with E-state index in [1.54, 1.807) is 16.8 Å². The Bertz CT molecular complexity index is 737. The number of halogens is 1. The maximum absolute atomic E-state index is 12.6. The Morgan fingerprint density at radius 2 is 2.20 bits per heavy atom. The fourth-order valence-electron chi connectivity index (χ4n) is 3.06. The molecule has 1 aromatic heterocycles. The quantitative estimate of drug-likeness (QED) is 0.805. The van der Waals surface area contributed by atoms with Crippen LogP contribution in [0.4, 0.5) is 0 Å². The van der Waals surface area contributed by atoms with E-state index in [4.69, 9.17) is 11.6 Å². The van der Waals surface area contributed by atoms with Gasteiger partial charge in [-0.15, -0.1) is 5.10 Å². The standard InChI is InChI=1S/C17H22ClN5OS/c1-11-6-3-4-9-15(11)19-16(24)12(2)25-17-20-21-22-23(17)14-8-5-7-13(18)10-14/h5,7-8,10-12,15H,3-4,6,9H2,1-2H3,(H,19,24)/t11-,12-,15-/m1/s1. The Balaban J connectivity index is 1.66. The first-order chi connectivity index (χ1) is 12.0. The molecule has 0 unspecified atom stereocenters. The minimum absolute atomic E-state index is 0.0318. The monoisotopic (exact) mass is 379 g/mol. The second-order valence-corrected chi connectivity index (χ2v) is 8.23. The summed E-state index contributed by atoms with van der Waals surface area (Å²) in [7, 11) is 0. The largest absolute Gasteiger partial charge is 0.352 e. The minimum Gasteiger partial charge on any atom is -0.352 e. The van der Waals surface area contributed by atoms with Crippen LogP contribution in [0.5, 0.6) is 0 Å². The Morgan fingerprint density at radius 1 is 1.40 bits per heavy atom. The van der Waals surface area contributed by atoms with Gasteiger partial charge >= 0.3 is 0 Å². The number of carbonyl (C=O) groups is 1. The van der Waals surface area contributed by atoms with Gasteiger partial charge in [0.05, 0.1) is 10.9 Å². The van der Waals surface area contributed by atoms with E-state index < -0.39 is 0 Å². The van der Waals surface area contributed by atoms with Crippen LogP contribution in [0.1, 0.15) is 39.5 Å². The molecule has 1 aromatic carbocycles. The number of nitrogens with zero attached hydrogens (tertiary/aromatic N) is 4. The molecule has 8 heteroatoms. The average Bonchev–Trinajstić information content (AvgIpc) is 3.05. The fraction of sp³-hybridized carbons (Fsp3) is 0.529. The molecule has 1 saturated carbocycles. The van der Waals surface area contributed by atoms with Crippen molar-refractivity contribution in [3.05, 3.63) is 29.3 Å². The first-order valence-corrected chi connectivity index (χ1v) is 9.81. The lowest BCUT2D eigenvalue weighted by Gasteiger charge is -2.30. The van der Waals surface area contributed by atoms with Crippen LogP contribution in [0.3, 0.4) is 0 Å². The second-order valence-electron chi connectivity index (χ2n) is 6.49. The van der Waals surface area contributed by atoms with Gasteiger partial charge in [0.15, 0.2) is 0 Å². The molecule has 0 radical (unpaired) electrons. The third kappa shape index (κ3) is 4.52. The van der Waals surface area contributed by atoms with Crippen molar-refractivity contribution in [2.24, 2.45) is 5.92 Å². The smallest absolute Gasteiger partial charge is 0.233 e. The SMILES string of the molecule is C[C@@H]1CCCC[C@H]1NC(=O)[C@@H](C)Sc1nnnn1-c1cccc(Cl)c1. The Labute approximate surface area is 156 Å². The molecule has 6 nitrogen and oxygen atoms in total. The van der Waals surface area contributed by atoms with Crippen molar-refractivity contribution < 1.29 is 4.79 Å². The summed E-state index contributed by atoms with van der Waals surface area (Å²) in [6, 6.07) is 7.57. The van der Waals surface area contributed by atoms with Gasteiger partial charge in [-0.3, -0.25) is 4.79 Å². The predicted octanol–water partition coefficient (Wildman–Crippen LogP) is 3.49. The van der Waals surface area contributed by atoms with Gasteiger partial charge in [-0.25, -0.2) is 0 Å². The van der Waals surface area contributed by atoms with Crippen LogP contribution in [-0.2, 0) is 4.79 Å². The van der Waals surface area contributed by atoms with Crippen LogP contribution < -0.4 is 5.32 Å². The van der Waals surface area contributed by atoms with Crippen molar-refractivity contribution >= 4 is 29.3 Å². The van der Waals surface area contributed by atoms with Gasteiger partial charge < -0.3 is 5.32 Å². The van der Waals surface area contributed by atoms with E-state index in [0.29, 0.717) is 16.1 Å². The molecule has 0 aliphatic heterocycles. The van der Waals surface area contributed by atoms with Gasteiger partial charge in [-0.05, 0) is 54.3 Å². The first-order valence-electron chi connectivity index (χ1n) is 8.56. The van der Waals surface area contributed by atoms with Crippen molar-refractivity contribution in [3.8, 4) is 5.69 Å². The lowest BCUT2D eigenvalue weighted by Crippen LogP contribution is -2.44. The number of carbonyl (C=O) groups excluding carboxylic acids is 1. The summed E-state index contributed by atoms with van der Waals surface area (Å²) in [5, 5.41) is 15.9. The van der Waals surface area contributed by atoms with Crippen LogP contribution in [0, 0.1) is 5.92 Å². The van der Waals surface area contributed by atoms with E-state index >= 15 is 0 Å². The summed E-state index contributed by atoms with van der Waals surface area (Å²) in [5.74, 6) is 0.566. The Morgan fingerprint density at radius 3 is 2.96 bits per heavy atom. The topological polar surface area (TPSA) is 72.7 Å². The van der Waals surface area contributed by atoms with Crippen molar-refractivity contribution in [2.75, 3.05) is 0 Å². The zero-order valence-electron chi connectivity index (χ0n) is 14.4. The number of hydrogen-bond acceptors (Lipinski definition) is 5. The number of nitrogens with one attached hydrogen (secondary N) is 1. The molecule has 3 atom stereocenters. The maximum atomic E-state index is 12.6. The zero-order valence-corrected chi connectivity index (χ0v) is 15.9.